The lowest BCUT2D eigenvalue weighted by Gasteiger charge is -2.23. The number of rotatable bonds is 3. The summed E-state index contributed by atoms with van der Waals surface area (Å²) in [5, 5.41) is 4.82. The molecule has 0 bridgehead atoms. The minimum Gasteiger partial charge on any atom is -0.326 e. The van der Waals surface area contributed by atoms with E-state index in [0.717, 1.165) is 24.1 Å². The van der Waals surface area contributed by atoms with Gasteiger partial charge in [0.25, 0.3) is 5.91 Å². The zero-order valence-electron chi connectivity index (χ0n) is 15.1. The number of thiophene rings is 1. The zero-order valence-corrected chi connectivity index (χ0v) is 15.9. The number of nitrogens with zero attached hydrogens (tertiary/aromatic N) is 2. The second-order valence-corrected chi connectivity index (χ2v) is 7.83. The van der Waals surface area contributed by atoms with Gasteiger partial charge in [0, 0.05) is 31.4 Å². The maximum Gasteiger partial charge on any atom is 0.264 e. The summed E-state index contributed by atoms with van der Waals surface area (Å²) in [7, 11) is 0. The molecule has 3 heterocycles. The fourth-order valence-corrected chi connectivity index (χ4v) is 4.54. The van der Waals surface area contributed by atoms with Gasteiger partial charge in [-0.3, -0.25) is 14.4 Å². The van der Waals surface area contributed by atoms with Gasteiger partial charge >= 0.3 is 0 Å². The van der Waals surface area contributed by atoms with Crippen molar-refractivity contribution >= 4 is 40.4 Å². The number of carbonyl (C=O) groups excluding carboxylic acids is 3. The Morgan fingerprint density at radius 2 is 2.04 bits per heavy atom. The van der Waals surface area contributed by atoms with E-state index in [-0.39, 0.29) is 17.7 Å². The normalized spacial score (nSPS) is 18.5. The van der Waals surface area contributed by atoms with Crippen molar-refractivity contribution in [2.45, 2.75) is 32.2 Å². The van der Waals surface area contributed by atoms with Crippen LogP contribution in [0, 0.1) is 0 Å². The van der Waals surface area contributed by atoms with Crippen LogP contribution in [0.3, 0.4) is 0 Å². The molecule has 7 heteroatoms. The number of amides is 3. The lowest BCUT2D eigenvalue weighted by atomic mass is 10.1. The summed E-state index contributed by atoms with van der Waals surface area (Å²) in [5.41, 5.74) is 2.68. The lowest BCUT2D eigenvalue weighted by molar-refractivity contribution is -0.119. The SMILES string of the molecule is CC(=O)N1CCc2cc(NC(=O)[C@@H]3CCCN3C(=O)c3cccs3)ccc21. The van der Waals surface area contributed by atoms with Crippen LogP contribution >= 0.6 is 11.3 Å². The highest BCUT2D eigenvalue weighted by Crippen LogP contribution is 2.31. The number of hydrogen-bond donors (Lipinski definition) is 1. The molecule has 0 aliphatic carbocycles. The Hall–Kier alpha value is -2.67. The first-order chi connectivity index (χ1) is 13.0. The predicted molar refractivity (Wildman–Crippen MR) is 105 cm³/mol. The van der Waals surface area contributed by atoms with Crippen molar-refractivity contribution in [2.24, 2.45) is 0 Å². The van der Waals surface area contributed by atoms with E-state index in [0.29, 0.717) is 30.1 Å². The van der Waals surface area contributed by atoms with Gasteiger partial charge in [-0.05, 0) is 54.5 Å². The van der Waals surface area contributed by atoms with Gasteiger partial charge in [-0.2, -0.15) is 0 Å². The molecular formula is C20H21N3O3S. The Kier molecular flexibility index (Phi) is 4.70. The summed E-state index contributed by atoms with van der Waals surface area (Å²) in [6.07, 6.45) is 2.28. The summed E-state index contributed by atoms with van der Waals surface area (Å²) in [6.45, 7) is 2.84. The van der Waals surface area contributed by atoms with E-state index in [4.69, 9.17) is 0 Å². The molecule has 2 aromatic rings. The molecule has 2 aliphatic rings. The summed E-state index contributed by atoms with van der Waals surface area (Å²) in [5.74, 6) is -0.202. The molecule has 1 atom stereocenters. The molecule has 3 amide bonds. The number of fused-ring (bicyclic) bond motifs is 1. The minimum atomic E-state index is -0.443. The molecule has 1 fully saturated rings. The van der Waals surface area contributed by atoms with Crippen molar-refractivity contribution in [2.75, 3.05) is 23.3 Å². The number of carbonyl (C=O) groups is 3. The van der Waals surface area contributed by atoms with Gasteiger partial charge in [0.15, 0.2) is 0 Å². The van der Waals surface area contributed by atoms with E-state index in [1.165, 1.54) is 11.3 Å². The molecule has 1 aromatic heterocycles. The van der Waals surface area contributed by atoms with E-state index >= 15 is 0 Å². The molecule has 1 aromatic carbocycles. The van der Waals surface area contributed by atoms with Crippen LogP contribution in [0.2, 0.25) is 0 Å². The van der Waals surface area contributed by atoms with Crippen LogP contribution in [0.4, 0.5) is 11.4 Å². The van der Waals surface area contributed by atoms with Crippen molar-refractivity contribution in [1.82, 2.24) is 4.90 Å². The Morgan fingerprint density at radius 3 is 2.78 bits per heavy atom. The zero-order chi connectivity index (χ0) is 19.0. The Bertz CT molecular complexity index is 894. The molecule has 1 N–H and O–H groups in total. The number of anilines is 2. The maximum atomic E-state index is 12.8. The van der Waals surface area contributed by atoms with Crippen LogP contribution in [0.5, 0.6) is 0 Å². The number of nitrogens with one attached hydrogen (secondary N) is 1. The van der Waals surface area contributed by atoms with Crippen LogP contribution in [0.1, 0.15) is 35.0 Å². The topological polar surface area (TPSA) is 69.7 Å². The largest absolute Gasteiger partial charge is 0.326 e. The number of benzene rings is 1. The van der Waals surface area contributed by atoms with Gasteiger partial charge in [0.2, 0.25) is 11.8 Å². The van der Waals surface area contributed by atoms with Gasteiger partial charge in [-0.25, -0.2) is 0 Å². The van der Waals surface area contributed by atoms with E-state index in [1.807, 2.05) is 29.6 Å². The van der Waals surface area contributed by atoms with Gasteiger partial charge in [0.05, 0.1) is 4.88 Å². The first-order valence-electron chi connectivity index (χ1n) is 9.11. The fraction of sp³-hybridized carbons (Fsp3) is 0.350. The third kappa shape index (κ3) is 3.35. The molecule has 6 nitrogen and oxygen atoms in total. The quantitative estimate of drug-likeness (QED) is 0.886. The Labute approximate surface area is 161 Å². The third-order valence-corrected chi connectivity index (χ3v) is 6.03. The third-order valence-electron chi connectivity index (χ3n) is 5.17. The van der Waals surface area contributed by atoms with Crippen LogP contribution in [-0.4, -0.2) is 41.8 Å². The van der Waals surface area contributed by atoms with Crippen molar-refractivity contribution in [3.05, 3.63) is 46.2 Å². The number of likely N-dealkylation sites (tertiary alicyclic amines) is 1. The highest BCUT2D eigenvalue weighted by Gasteiger charge is 2.35. The first kappa shape index (κ1) is 17.7. The van der Waals surface area contributed by atoms with Gasteiger partial charge in [-0.1, -0.05) is 6.07 Å². The van der Waals surface area contributed by atoms with Gasteiger partial charge in [0.1, 0.15) is 6.04 Å². The molecule has 0 saturated carbocycles. The molecule has 0 spiro atoms. The van der Waals surface area contributed by atoms with Crippen molar-refractivity contribution in [1.29, 1.82) is 0 Å². The first-order valence-corrected chi connectivity index (χ1v) is 9.99. The molecule has 4 rings (SSSR count). The molecule has 1 saturated heterocycles. The Balaban J connectivity index is 1.47. The summed E-state index contributed by atoms with van der Waals surface area (Å²) >= 11 is 1.40. The van der Waals surface area contributed by atoms with Crippen LogP contribution < -0.4 is 10.2 Å². The molecule has 0 radical (unpaired) electrons. The predicted octanol–water partition coefficient (Wildman–Crippen LogP) is 2.90. The Morgan fingerprint density at radius 1 is 1.19 bits per heavy atom. The number of hydrogen-bond acceptors (Lipinski definition) is 4. The molecular weight excluding hydrogens is 362 g/mol. The average Bonchev–Trinajstić information content (AvgIpc) is 3.39. The fourth-order valence-electron chi connectivity index (χ4n) is 3.86. The van der Waals surface area contributed by atoms with Crippen LogP contribution in [0.25, 0.3) is 0 Å². The van der Waals surface area contributed by atoms with E-state index in [1.54, 1.807) is 22.8 Å². The highest BCUT2D eigenvalue weighted by molar-refractivity contribution is 7.12. The van der Waals surface area contributed by atoms with Crippen molar-refractivity contribution < 1.29 is 14.4 Å². The van der Waals surface area contributed by atoms with E-state index in [9.17, 15) is 14.4 Å². The average molecular weight is 383 g/mol. The molecule has 27 heavy (non-hydrogen) atoms. The monoisotopic (exact) mass is 383 g/mol. The molecule has 2 aliphatic heterocycles. The highest BCUT2D eigenvalue weighted by atomic mass is 32.1. The lowest BCUT2D eigenvalue weighted by Crippen LogP contribution is -2.42. The van der Waals surface area contributed by atoms with Crippen LogP contribution in [0.15, 0.2) is 35.7 Å². The van der Waals surface area contributed by atoms with Gasteiger partial charge < -0.3 is 15.1 Å². The maximum absolute atomic E-state index is 12.8. The molecule has 0 unspecified atom stereocenters. The van der Waals surface area contributed by atoms with E-state index in [2.05, 4.69) is 5.32 Å². The van der Waals surface area contributed by atoms with Crippen molar-refractivity contribution in [3.8, 4) is 0 Å². The van der Waals surface area contributed by atoms with Crippen LogP contribution in [-0.2, 0) is 16.0 Å². The van der Waals surface area contributed by atoms with Gasteiger partial charge in [-0.15, -0.1) is 11.3 Å². The van der Waals surface area contributed by atoms with Crippen molar-refractivity contribution in [3.63, 3.8) is 0 Å². The second kappa shape index (κ2) is 7.15. The summed E-state index contributed by atoms with van der Waals surface area (Å²) < 4.78 is 0. The summed E-state index contributed by atoms with van der Waals surface area (Å²) in [4.78, 5) is 41.2. The van der Waals surface area contributed by atoms with E-state index < -0.39 is 6.04 Å². The molecule has 140 valence electrons. The second-order valence-electron chi connectivity index (χ2n) is 6.89. The summed E-state index contributed by atoms with van der Waals surface area (Å²) in [6, 6.07) is 8.82. The minimum absolute atomic E-state index is 0.0271. The standard InChI is InChI=1S/C20H21N3O3S/c1-13(24)22-10-8-14-12-15(6-7-16(14)22)21-19(25)17-4-2-9-23(17)20(26)18-5-3-11-27-18/h3,5-7,11-12,17H,2,4,8-10H2,1H3,(H,21,25)/t17-/m0/s1. The smallest absolute Gasteiger partial charge is 0.264 e.